The molecule has 0 aromatic heterocycles. The molecule has 1 aromatic carbocycles. The van der Waals surface area contributed by atoms with Crippen LogP contribution in [0.4, 0.5) is 5.69 Å². The van der Waals surface area contributed by atoms with E-state index in [0.717, 1.165) is 36.6 Å². The molecule has 1 heterocycles. The minimum Gasteiger partial charge on any atom is -0.497 e. The van der Waals surface area contributed by atoms with Gasteiger partial charge in [-0.05, 0) is 33.0 Å². The van der Waals surface area contributed by atoms with Crippen molar-refractivity contribution >= 4 is 22.9 Å². The van der Waals surface area contributed by atoms with Crippen LogP contribution in [0.5, 0.6) is 5.75 Å². The number of thiocarbonyl (C=S) groups is 1. The number of likely N-dealkylation sites (N-methyl/N-ethyl adjacent to an activating group) is 1. The summed E-state index contributed by atoms with van der Waals surface area (Å²) in [4.78, 5) is 5.15. The topological polar surface area (TPSA) is 41.7 Å². The van der Waals surface area contributed by atoms with E-state index in [-0.39, 0.29) is 5.54 Å². The molecule has 0 bridgehead atoms. The van der Waals surface area contributed by atoms with E-state index in [2.05, 4.69) is 30.7 Å². The van der Waals surface area contributed by atoms with Gasteiger partial charge in [0.1, 0.15) is 10.7 Å². The Morgan fingerprint density at radius 1 is 1.35 bits per heavy atom. The monoisotopic (exact) mass is 293 g/mol. The predicted octanol–water partition coefficient (Wildman–Crippen LogP) is 1.86. The lowest BCUT2D eigenvalue weighted by Crippen LogP contribution is -2.58. The van der Waals surface area contributed by atoms with Crippen LogP contribution in [0.2, 0.25) is 0 Å². The molecule has 0 atom stereocenters. The standard InChI is InChI=1S/C15H23N3OS/c1-15(2)10-18(8-7-17(15)3)13-9-11(19-4)5-6-12(13)14(16)20/h5-6,9H,7-8,10H2,1-4H3,(H2,16,20). The van der Waals surface area contributed by atoms with E-state index >= 15 is 0 Å². The Balaban J connectivity index is 2.38. The number of methoxy groups -OCH3 is 1. The maximum Gasteiger partial charge on any atom is 0.120 e. The van der Waals surface area contributed by atoms with Crippen molar-refractivity contribution in [3.05, 3.63) is 23.8 Å². The van der Waals surface area contributed by atoms with Gasteiger partial charge in [0, 0.05) is 36.8 Å². The molecule has 0 amide bonds. The minimum absolute atomic E-state index is 0.120. The van der Waals surface area contributed by atoms with E-state index < -0.39 is 0 Å². The molecule has 4 nitrogen and oxygen atoms in total. The summed E-state index contributed by atoms with van der Waals surface area (Å²) in [7, 11) is 3.84. The SMILES string of the molecule is COc1ccc(C(N)=S)c(N2CCN(C)C(C)(C)C2)c1. The average molecular weight is 293 g/mol. The van der Waals surface area contributed by atoms with Gasteiger partial charge >= 0.3 is 0 Å². The minimum atomic E-state index is 0.120. The van der Waals surface area contributed by atoms with Crippen molar-refractivity contribution in [2.45, 2.75) is 19.4 Å². The van der Waals surface area contributed by atoms with Gasteiger partial charge in [0.2, 0.25) is 0 Å². The van der Waals surface area contributed by atoms with Crippen LogP contribution < -0.4 is 15.4 Å². The van der Waals surface area contributed by atoms with E-state index in [0.29, 0.717) is 4.99 Å². The second-order valence-electron chi connectivity index (χ2n) is 5.90. The third-order valence-corrected chi connectivity index (χ3v) is 4.35. The van der Waals surface area contributed by atoms with Gasteiger partial charge in [-0.25, -0.2) is 0 Å². The van der Waals surface area contributed by atoms with Gasteiger partial charge in [-0.15, -0.1) is 0 Å². The number of hydrogen-bond acceptors (Lipinski definition) is 4. The molecular formula is C15H23N3OS. The van der Waals surface area contributed by atoms with Crippen LogP contribution in [0.15, 0.2) is 18.2 Å². The van der Waals surface area contributed by atoms with Crippen LogP contribution in [0, 0.1) is 0 Å². The van der Waals surface area contributed by atoms with Crippen LogP contribution in [0.25, 0.3) is 0 Å². The molecule has 0 saturated carbocycles. The normalized spacial score (nSPS) is 18.9. The average Bonchev–Trinajstić information content (AvgIpc) is 2.41. The smallest absolute Gasteiger partial charge is 0.120 e. The number of anilines is 1. The van der Waals surface area contributed by atoms with Gasteiger partial charge in [-0.1, -0.05) is 12.2 Å². The highest BCUT2D eigenvalue weighted by atomic mass is 32.1. The first-order valence-corrected chi connectivity index (χ1v) is 7.20. The van der Waals surface area contributed by atoms with E-state index in [1.54, 1.807) is 7.11 Å². The first kappa shape index (κ1) is 15.1. The highest BCUT2D eigenvalue weighted by molar-refractivity contribution is 7.80. The summed E-state index contributed by atoms with van der Waals surface area (Å²) < 4.78 is 5.33. The molecule has 5 heteroatoms. The van der Waals surface area contributed by atoms with E-state index in [1.807, 2.05) is 18.2 Å². The summed E-state index contributed by atoms with van der Waals surface area (Å²) in [5.41, 5.74) is 7.97. The molecule has 0 aliphatic carbocycles. The van der Waals surface area contributed by atoms with Crippen LogP contribution in [-0.2, 0) is 0 Å². The molecule has 1 fully saturated rings. The molecule has 1 aliphatic heterocycles. The number of piperazine rings is 1. The number of nitrogens with two attached hydrogens (primary N) is 1. The summed E-state index contributed by atoms with van der Waals surface area (Å²) in [6.45, 7) is 7.41. The number of ether oxygens (including phenoxy) is 1. The van der Waals surface area contributed by atoms with Crippen LogP contribution in [0.1, 0.15) is 19.4 Å². The first-order chi connectivity index (χ1) is 9.35. The molecule has 110 valence electrons. The lowest BCUT2D eigenvalue weighted by atomic mass is 9.98. The van der Waals surface area contributed by atoms with Crippen molar-refractivity contribution in [3.63, 3.8) is 0 Å². The van der Waals surface area contributed by atoms with Gasteiger partial charge in [-0.2, -0.15) is 0 Å². The number of hydrogen-bond donors (Lipinski definition) is 1. The molecule has 1 aliphatic rings. The Bertz CT molecular complexity index is 516. The largest absolute Gasteiger partial charge is 0.497 e. The highest BCUT2D eigenvalue weighted by Gasteiger charge is 2.32. The highest BCUT2D eigenvalue weighted by Crippen LogP contribution is 2.30. The summed E-state index contributed by atoms with van der Waals surface area (Å²) in [5, 5.41) is 0. The zero-order chi connectivity index (χ0) is 14.9. The van der Waals surface area contributed by atoms with Crippen molar-refractivity contribution in [1.29, 1.82) is 0 Å². The predicted molar refractivity (Wildman–Crippen MR) is 87.8 cm³/mol. The Hall–Kier alpha value is -1.33. The van der Waals surface area contributed by atoms with E-state index in [9.17, 15) is 0 Å². The maximum absolute atomic E-state index is 5.86. The quantitative estimate of drug-likeness (QED) is 0.862. The summed E-state index contributed by atoms with van der Waals surface area (Å²) in [5.74, 6) is 0.830. The number of rotatable bonds is 3. The fraction of sp³-hybridized carbons (Fsp3) is 0.533. The Morgan fingerprint density at radius 2 is 2.05 bits per heavy atom. The zero-order valence-electron chi connectivity index (χ0n) is 12.6. The molecule has 0 unspecified atom stereocenters. The maximum atomic E-state index is 5.86. The molecule has 0 spiro atoms. The number of benzene rings is 1. The Morgan fingerprint density at radius 3 is 2.60 bits per heavy atom. The number of nitrogens with zero attached hydrogens (tertiary/aromatic N) is 2. The molecule has 0 radical (unpaired) electrons. The van der Waals surface area contributed by atoms with Gasteiger partial charge in [0.15, 0.2) is 0 Å². The third-order valence-electron chi connectivity index (χ3n) is 4.13. The van der Waals surface area contributed by atoms with E-state index in [4.69, 9.17) is 22.7 Å². The van der Waals surface area contributed by atoms with Crippen molar-refractivity contribution in [2.24, 2.45) is 5.73 Å². The van der Waals surface area contributed by atoms with Crippen molar-refractivity contribution in [1.82, 2.24) is 4.90 Å². The molecular weight excluding hydrogens is 270 g/mol. The Kier molecular flexibility index (Phi) is 4.20. The lowest BCUT2D eigenvalue weighted by Gasteiger charge is -2.46. The van der Waals surface area contributed by atoms with Crippen molar-refractivity contribution in [2.75, 3.05) is 38.7 Å². The summed E-state index contributed by atoms with van der Waals surface area (Å²) in [6.07, 6.45) is 0. The van der Waals surface area contributed by atoms with Gasteiger partial charge < -0.3 is 15.4 Å². The van der Waals surface area contributed by atoms with Gasteiger partial charge in [0.25, 0.3) is 0 Å². The molecule has 2 rings (SSSR count). The third kappa shape index (κ3) is 2.88. The van der Waals surface area contributed by atoms with Crippen LogP contribution in [-0.4, -0.2) is 49.2 Å². The molecule has 20 heavy (non-hydrogen) atoms. The summed E-state index contributed by atoms with van der Waals surface area (Å²) in [6, 6.07) is 5.87. The second-order valence-corrected chi connectivity index (χ2v) is 6.34. The van der Waals surface area contributed by atoms with Crippen molar-refractivity contribution < 1.29 is 4.74 Å². The van der Waals surface area contributed by atoms with Gasteiger partial charge in [-0.3, -0.25) is 4.90 Å². The van der Waals surface area contributed by atoms with Crippen molar-refractivity contribution in [3.8, 4) is 5.75 Å². The van der Waals surface area contributed by atoms with E-state index in [1.165, 1.54) is 0 Å². The van der Waals surface area contributed by atoms with Crippen LogP contribution >= 0.6 is 12.2 Å². The fourth-order valence-electron chi connectivity index (χ4n) is 2.55. The first-order valence-electron chi connectivity index (χ1n) is 6.79. The zero-order valence-corrected chi connectivity index (χ0v) is 13.5. The fourth-order valence-corrected chi connectivity index (χ4v) is 2.73. The summed E-state index contributed by atoms with van der Waals surface area (Å²) >= 11 is 5.18. The molecule has 1 saturated heterocycles. The lowest BCUT2D eigenvalue weighted by molar-refractivity contribution is 0.139. The van der Waals surface area contributed by atoms with Crippen LogP contribution in [0.3, 0.4) is 0 Å². The molecule has 2 N–H and O–H groups in total. The van der Waals surface area contributed by atoms with Gasteiger partial charge in [0.05, 0.1) is 12.8 Å². The Labute approximate surface area is 126 Å². The second kappa shape index (κ2) is 5.58. The molecule has 1 aromatic rings.